The molecular weight excluding hydrogens is 348 g/mol. The van der Waals surface area contributed by atoms with Crippen LogP contribution in [0.3, 0.4) is 0 Å². The molecule has 3 rings (SSSR count). The molecule has 6 nitrogen and oxygen atoms in total. The average Bonchev–Trinajstić information content (AvgIpc) is 2.58. The van der Waals surface area contributed by atoms with Crippen molar-refractivity contribution in [2.45, 2.75) is 30.7 Å². The SMILES string of the molecule is Cc1c(Cl)cccc1S(=O)(=O)NC1CCCN(c2ncccn2)C1. The Balaban J connectivity index is 1.76. The van der Waals surface area contributed by atoms with Gasteiger partial charge in [-0.1, -0.05) is 17.7 Å². The summed E-state index contributed by atoms with van der Waals surface area (Å²) >= 11 is 6.05. The number of nitrogens with zero attached hydrogens (tertiary/aromatic N) is 3. The van der Waals surface area contributed by atoms with E-state index >= 15 is 0 Å². The highest BCUT2D eigenvalue weighted by atomic mass is 35.5. The van der Waals surface area contributed by atoms with E-state index in [-0.39, 0.29) is 10.9 Å². The summed E-state index contributed by atoms with van der Waals surface area (Å²) in [4.78, 5) is 10.7. The van der Waals surface area contributed by atoms with Gasteiger partial charge in [-0.2, -0.15) is 0 Å². The molecule has 1 aromatic heterocycles. The van der Waals surface area contributed by atoms with Crippen LogP contribution >= 0.6 is 11.6 Å². The van der Waals surface area contributed by atoms with Crippen LogP contribution in [-0.4, -0.2) is 37.5 Å². The topological polar surface area (TPSA) is 75.2 Å². The zero-order valence-electron chi connectivity index (χ0n) is 13.3. The van der Waals surface area contributed by atoms with Crippen LogP contribution < -0.4 is 9.62 Å². The number of nitrogens with one attached hydrogen (secondary N) is 1. The third-order valence-electron chi connectivity index (χ3n) is 4.09. The van der Waals surface area contributed by atoms with E-state index in [0.29, 0.717) is 23.1 Å². The number of rotatable bonds is 4. The van der Waals surface area contributed by atoms with Crippen LogP contribution in [0.4, 0.5) is 5.95 Å². The van der Waals surface area contributed by atoms with Crippen LogP contribution in [0.5, 0.6) is 0 Å². The molecule has 0 bridgehead atoms. The number of halogens is 1. The van der Waals surface area contributed by atoms with Crippen molar-refractivity contribution >= 4 is 27.6 Å². The third-order valence-corrected chi connectivity index (χ3v) is 6.16. The summed E-state index contributed by atoms with van der Waals surface area (Å²) in [5, 5.41) is 0.445. The molecule has 128 valence electrons. The molecule has 0 aliphatic carbocycles. The van der Waals surface area contributed by atoms with Gasteiger partial charge in [-0.15, -0.1) is 0 Å². The Bertz CT molecular complexity index is 814. The predicted octanol–water partition coefficient (Wildman–Crippen LogP) is 2.39. The Morgan fingerprint density at radius 2 is 2.00 bits per heavy atom. The first-order valence-electron chi connectivity index (χ1n) is 7.77. The van der Waals surface area contributed by atoms with Crippen molar-refractivity contribution in [3.63, 3.8) is 0 Å². The van der Waals surface area contributed by atoms with Crippen LogP contribution in [0.1, 0.15) is 18.4 Å². The van der Waals surface area contributed by atoms with Gasteiger partial charge >= 0.3 is 0 Å². The van der Waals surface area contributed by atoms with Gasteiger partial charge in [0.25, 0.3) is 0 Å². The van der Waals surface area contributed by atoms with Crippen molar-refractivity contribution in [1.29, 1.82) is 0 Å². The summed E-state index contributed by atoms with van der Waals surface area (Å²) in [5.41, 5.74) is 0.561. The Labute approximate surface area is 146 Å². The van der Waals surface area contributed by atoms with Crippen molar-refractivity contribution in [2.75, 3.05) is 18.0 Å². The predicted molar refractivity (Wildman–Crippen MR) is 93.8 cm³/mol. The van der Waals surface area contributed by atoms with Gasteiger partial charge in [0.1, 0.15) is 0 Å². The van der Waals surface area contributed by atoms with Crippen LogP contribution in [0, 0.1) is 6.92 Å². The fourth-order valence-corrected chi connectivity index (χ4v) is 4.63. The Hall–Kier alpha value is -1.70. The van der Waals surface area contributed by atoms with E-state index in [0.717, 1.165) is 19.4 Å². The van der Waals surface area contributed by atoms with Crippen LogP contribution in [0.25, 0.3) is 0 Å². The molecule has 1 fully saturated rings. The second kappa shape index (κ2) is 7.04. The smallest absolute Gasteiger partial charge is 0.241 e. The molecule has 24 heavy (non-hydrogen) atoms. The van der Waals surface area contributed by atoms with Crippen molar-refractivity contribution in [1.82, 2.24) is 14.7 Å². The molecule has 0 radical (unpaired) electrons. The minimum atomic E-state index is -3.62. The number of piperidine rings is 1. The van der Waals surface area contributed by atoms with Crippen molar-refractivity contribution in [2.24, 2.45) is 0 Å². The van der Waals surface area contributed by atoms with Gasteiger partial charge in [-0.05, 0) is 43.5 Å². The maximum atomic E-state index is 12.7. The van der Waals surface area contributed by atoms with Crippen LogP contribution in [0.2, 0.25) is 5.02 Å². The summed E-state index contributed by atoms with van der Waals surface area (Å²) in [6.07, 6.45) is 5.03. The first-order chi connectivity index (χ1) is 11.5. The molecule has 1 aliphatic heterocycles. The number of hydrogen-bond acceptors (Lipinski definition) is 5. The quantitative estimate of drug-likeness (QED) is 0.899. The van der Waals surface area contributed by atoms with Gasteiger partial charge in [0.15, 0.2) is 0 Å². The molecule has 1 saturated heterocycles. The zero-order valence-corrected chi connectivity index (χ0v) is 14.9. The molecule has 1 aromatic carbocycles. The second-order valence-corrected chi connectivity index (χ2v) is 7.91. The molecule has 0 saturated carbocycles. The molecule has 0 amide bonds. The third kappa shape index (κ3) is 3.68. The molecule has 1 unspecified atom stereocenters. The number of hydrogen-bond donors (Lipinski definition) is 1. The lowest BCUT2D eigenvalue weighted by molar-refractivity contribution is 0.461. The van der Waals surface area contributed by atoms with Crippen molar-refractivity contribution < 1.29 is 8.42 Å². The Kier molecular flexibility index (Phi) is 5.03. The van der Waals surface area contributed by atoms with Gasteiger partial charge in [0.05, 0.1) is 4.90 Å². The fourth-order valence-electron chi connectivity index (χ4n) is 2.87. The summed E-state index contributed by atoms with van der Waals surface area (Å²) in [6.45, 7) is 3.07. The summed E-state index contributed by atoms with van der Waals surface area (Å²) < 4.78 is 28.2. The molecule has 2 heterocycles. The minimum absolute atomic E-state index is 0.189. The van der Waals surface area contributed by atoms with E-state index in [1.54, 1.807) is 43.6 Å². The maximum Gasteiger partial charge on any atom is 0.241 e. The number of sulfonamides is 1. The first kappa shape index (κ1) is 17.1. The van der Waals surface area contributed by atoms with Gasteiger partial charge in [-0.3, -0.25) is 0 Å². The molecule has 1 aliphatic rings. The lowest BCUT2D eigenvalue weighted by Gasteiger charge is -2.33. The zero-order chi connectivity index (χ0) is 17.2. The van der Waals surface area contributed by atoms with Crippen molar-refractivity contribution in [3.8, 4) is 0 Å². The molecule has 1 atom stereocenters. The molecule has 0 spiro atoms. The van der Waals surface area contributed by atoms with E-state index in [2.05, 4.69) is 14.7 Å². The minimum Gasteiger partial charge on any atom is -0.339 e. The summed E-state index contributed by atoms with van der Waals surface area (Å²) in [6, 6.07) is 6.48. The molecule has 1 N–H and O–H groups in total. The highest BCUT2D eigenvalue weighted by Crippen LogP contribution is 2.24. The molecular formula is C16H19ClN4O2S. The molecule has 8 heteroatoms. The van der Waals surface area contributed by atoms with Gasteiger partial charge in [0, 0.05) is 36.5 Å². The standard InChI is InChI=1S/C16H19ClN4O2S/c1-12-14(17)6-2-7-15(12)24(22,23)20-13-5-3-10-21(11-13)16-18-8-4-9-19-16/h2,4,6-9,13,20H,3,5,10-11H2,1H3. The fraction of sp³-hybridized carbons (Fsp3) is 0.375. The number of aromatic nitrogens is 2. The average molecular weight is 367 g/mol. The Morgan fingerprint density at radius 3 is 2.75 bits per heavy atom. The summed E-state index contributed by atoms with van der Waals surface area (Å²) in [5.74, 6) is 0.625. The van der Waals surface area contributed by atoms with Gasteiger partial charge in [-0.25, -0.2) is 23.1 Å². The maximum absolute atomic E-state index is 12.7. The largest absolute Gasteiger partial charge is 0.339 e. The normalized spacial score (nSPS) is 18.6. The number of benzene rings is 1. The van der Waals surface area contributed by atoms with E-state index in [1.807, 2.05) is 4.90 Å². The van der Waals surface area contributed by atoms with E-state index in [9.17, 15) is 8.42 Å². The summed E-state index contributed by atoms with van der Waals surface area (Å²) in [7, 11) is -3.62. The van der Waals surface area contributed by atoms with E-state index < -0.39 is 10.0 Å². The highest BCUT2D eigenvalue weighted by Gasteiger charge is 2.27. The first-order valence-corrected chi connectivity index (χ1v) is 9.63. The van der Waals surface area contributed by atoms with Gasteiger partial charge in [0.2, 0.25) is 16.0 Å². The van der Waals surface area contributed by atoms with Gasteiger partial charge < -0.3 is 4.90 Å². The van der Waals surface area contributed by atoms with Crippen molar-refractivity contribution in [3.05, 3.63) is 47.2 Å². The van der Waals surface area contributed by atoms with E-state index in [1.165, 1.54) is 0 Å². The lowest BCUT2D eigenvalue weighted by Crippen LogP contribution is -2.48. The van der Waals surface area contributed by atoms with Crippen LogP contribution in [0.15, 0.2) is 41.6 Å². The highest BCUT2D eigenvalue weighted by molar-refractivity contribution is 7.89. The Morgan fingerprint density at radius 1 is 1.25 bits per heavy atom. The lowest BCUT2D eigenvalue weighted by atomic mass is 10.1. The number of anilines is 1. The second-order valence-electron chi connectivity index (χ2n) is 5.82. The van der Waals surface area contributed by atoms with Crippen LogP contribution in [-0.2, 0) is 10.0 Å². The monoisotopic (exact) mass is 366 g/mol. The van der Waals surface area contributed by atoms with E-state index in [4.69, 9.17) is 11.6 Å². The molecule has 2 aromatic rings.